The molecule has 0 aliphatic heterocycles. The molecule has 1 unspecified atom stereocenters. The summed E-state index contributed by atoms with van der Waals surface area (Å²) in [5.41, 5.74) is 0. The van der Waals surface area contributed by atoms with Crippen LogP contribution in [0.4, 0.5) is 0 Å². The highest BCUT2D eigenvalue weighted by Crippen LogP contribution is 2.18. The average Bonchev–Trinajstić information content (AvgIpc) is 2.24. The number of rotatable bonds is 7. The highest BCUT2D eigenvalue weighted by atomic mass is 35.7. The number of hydrogen-bond donors (Lipinski definition) is 0. The van der Waals surface area contributed by atoms with E-state index in [0.717, 1.165) is 12.8 Å². The molecule has 1 aromatic rings. The van der Waals surface area contributed by atoms with Crippen molar-refractivity contribution in [3.05, 3.63) is 23.5 Å². The lowest BCUT2D eigenvalue weighted by atomic mass is 10.1. The van der Waals surface area contributed by atoms with Gasteiger partial charge in [-0.1, -0.05) is 24.9 Å². The second-order valence-corrected chi connectivity index (χ2v) is 7.27. The molecule has 1 atom stereocenters. The van der Waals surface area contributed by atoms with Gasteiger partial charge in [0.15, 0.2) is 0 Å². The molecule has 0 saturated heterocycles. The Morgan fingerprint density at radius 3 is 2.72 bits per heavy atom. The Morgan fingerprint density at radius 1 is 1.44 bits per heavy atom. The van der Waals surface area contributed by atoms with E-state index in [-0.39, 0.29) is 18.3 Å². The highest BCUT2D eigenvalue weighted by Gasteiger charge is 2.17. The maximum absolute atomic E-state index is 11.1. The van der Waals surface area contributed by atoms with Crippen molar-refractivity contribution in [3.63, 3.8) is 0 Å². The van der Waals surface area contributed by atoms with Gasteiger partial charge in [0.1, 0.15) is 5.75 Å². The minimum atomic E-state index is -3.51. The monoisotopic (exact) mass is 311 g/mol. The van der Waals surface area contributed by atoms with Crippen LogP contribution in [0.3, 0.4) is 0 Å². The molecule has 1 rings (SSSR count). The van der Waals surface area contributed by atoms with Crippen LogP contribution in [0.25, 0.3) is 0 Å². The van der Waals surface area contributed by atoms with Gasteiger partial charge in [-0.25, -0.2) is 8.42 Å². The first-order valence-corrected chi connectivity index (χ1v) is 8.42. The molecule has 102 valence electrons. The Balaban J connectivity index is 2.57. The molecule has 0 fully saturated rings. The molecular formula is C11H15Cl2NO3S. The topological polar surface area (TPSA) is 56.3 Å². The number of ether oxygens (including phenoxy) is 1. The van der Waals surface area contributed by atoms with E-state index < -0.39 is 9.05 Å². The minimum absolute atomic E-state index is 0.0869. The zero-order valence-corrected chi connectivity index (χ0v) is 12.3. The number of hydrogen-bond acceptors (Lipinski definition) is 4. The maximum Gasteiger partial charge on any atom is 0.232 e. The normalized spacial score (nSPS) is 13.3. The van der Waals surface area contributed by atoms with E-state index in [0.29, 0.717) is 10.8 Å². The van der Waals surface area contributed by atoms with Crippen LogP contribution >= 0.6 is 22.3 Å². The van der Waals surface area contributed by atoms with Gasteiger partial charge in [-0.05, 0) is 6.42 Å². The first kappa shape index (κ1) is 15.5. The maximum atomic E-state index is 11.1. The van der Waals surface area contributed by atoms with Gasteiger partial charge in [-0.15, -0.1) is 0 Å². The molecular weight excluding hydrogens is 297 g/mol. The molecule has 0 aliphatic rings. The fourth-order valence-electron chi connectivity index (χ4n) is 1.59. The molecule has 7 heteroatoms. The summed E-state index contributed by atoms with van der Waals surface area (Å²) < 4.78 is 27.6. The number of aromatic nitrogens is 1. The molecule has 1 heterocycles. The summed E-state index contributed by atoms with van der Waals surface area (Å²) in [5.74, 6) is 0.309. The number of pyridine rings is 1. The van der Waals surface area contributed by atoms with Crippen LogP contribution in [0.2, 0.25) is 5.02 Å². The standard InChI is InChI=1S/C11H15Cl2NO3S/c1-2-3-9(8-18(13,15)16)7-17-11-4-10(12)5-14-6-11/h4-6,9H,2-3,7-8H2,1H3. The van der Waals surface area contributed by atoms with Crippen LogP contribution in [0.15, 0.2) is 18.5 Å². The zero-order valence-electron chi connectivity index (χ0n) is 9.97. The molecule has 0 aliphatic carbocycles. The average molecular weight is 312 g/mol. The summed E-state index contributed by atoms with van der Waals surface area (Å²) in [5, 5.41) is 0.476. The Hall–Kier alpha value is -0.520. The molecule has 0 saturated carbocycles. The fraction of sp³-hybridized carbons (Fsp3) is 0.545. The predicted octanol–water partition coefficient (Wildman–Crippen LogP) is 3.10. The Bertz CT molecular complexity index is 479. The van der Waals surface area contributed by atoms with Crippen LogP contribution in [-0.4, -0.2) is 25.8 Å². The molecule has 0 N–H and O–H groups in total. The summed E-state index contributed by atoms with van der Waals surface area (Å²) in [6.45, 7) is 2.26. The zero-order chi connectivity index (χ0) is 13.6. The Morgan fingerprint density at radius 2 is 2.17 bits per heavy atom. The van der Waals surface area contributed by atoms with Crippen molar-refractivity contribution in [2.45, 2.75) is 19.8 Å². The smallest absolute Gasteiger partial charge is 0.232 e. The summed E-state index contributed by atoms with van der Waals surface area (Å²) in [7, 11) is 1.75. The highest BCUT2D eigenvalue weighted by molar-refractivity contribution is 8.13. The van der Waals surface area contributed by atoms with Crippen molar-refractivity contribution >= 4 is 31.3 Å². The first-order chi connectivity index (χ1) is 8.40. The lowest BCUT2D eigenvalue weighted by molar-refractivity contribution is 0.252. The number of halogens is 2. The second kappa shape index (κ2) is 7.16. The van der Waals surface area contributed by atoms with Crippen molar-refractivity contribution in [3.8, 4) is 5.75 Å². The van der Waals surface area contributed by atoms with Crippen LogP contribution in [0.1, 0.15) is 19.8 Å². The van der Waals surface area contributed by atoms with E-state index >= 15 is 0 Å². The molecule has 0 spiro atoms. The third-order valence-electron chi connectivity index (χ3n) is 2.30. The SMILES string of the molecule is CCCC(COc1cncc(Cl)c1)CS(=O)(=O)Cl. The summed E-state index contributed by atoms with van der Waals surface area (Å²) in [6.07, 6.45) is 4.64. The van der Waals surface area contributed by atoms with Gasteiger partial charge < -0.3 is 4.74 Å². The van der Waals surface area contributed by atoms with Crippen LogP contribution in [0, 0.1) is 5.92 Å². The van der Waals surface area contributed by atoms with Crippen molar-refractivity contribution in [2.24, 2.45) is 5.92 Å². The third kappa shape index (κ3) is 6.42. The van der Waals surface area contributed by atoms with E-state index in [2.05, 4.69) is 4.98 Å². The van der Waals surface area contributed by atoms with Crippen LogP contribution in [0.5, 0.6) is 5.75 Å². The van der Waals surface area contributed by atoms with E-state index in [4.69, 9.17) is 27.0 Å². The van der Waals surface area contributed by atoms with Gasteiger partial charge in [-0.3, -0.25) is 4.98 Å². The Kier molecular flexibility index (Phi) is 6.18. The van der Waals surface area contributed by atoms with E-state index in [9.17, 15) is 8.42 Å². The predicted molar refractivity (Wildman–Crippen MR) is 72.8 cm³/mol. The Labute approximate surface area is 117 Å². The van der Waals surface area contributed by atoms with E-state index in [1.165, 1.54) is 12.4 Å². The van der Waals surface area contributed by atoms with Gasteiger partial charge in [-0.2, -0.15) is 0 Å². The lowest BCUT2D eigenvalue weighted by Gasteiger charge is -2.15. The van der Waals surface area contributed by atoms with Crippen molar-refractivity contribution < 1.29 is 13.2 Å². The lowest BCUT2D eigenvalue weighted by Crippen LogP contribution is -2.19. The van der Waals surface area contributed by atoms with Gasteiger partial charge in [0.25, 0.3) is 0 Å². The summed E-state index contributed by atoms with van der Waals surface area (Å²) >= 11 is 5.77. The summed E-state index contributed by atoms with van der Waals surface area (Å²) in [4.78, 5) is 3.88. The first-order valence-electron chi connectivity index (χ1n) is 5.56. The quantitative estimate of drug-likeness (QED) is 0.726. The number of nitrogens with zero attached hydrogens (tertiary/aromatic N) is 1. The summed E-state index contributed by atoms with van der Waals surface area (Å²) in [6, 6.07) is 1.63. The second-order valence-electron chi connectivity index (χ2n) is 4.01. The van der Waals surface area contributed by atoms with Gasteiger partial charge in [0.05, 0.1) is 23.6 Å². The fourth-order valence-corrected chi connectivity index (χ4v) is 3.11. The molecule has 0 aromatic carbocycles. The molecule has 18 heavy (non-hydrogen) atoms. The van der Waals surface area contributed by atoms with Gasteiger partial charge in [0.2, 0.25) is 9.05 Å². The van der Waals surface area contributed by atoms with E-state index in [1.54, 1.807) is 6.07 Å². The van der Waals surface area contributed by atoms with Crippen LogP contribution in [-0.2, 0) is 9.05 Å². The largest absolute Gasteiger partial charge is 0.492 e. The van der Waals surface area contributed by atoms with E-state index in [1.807, 2.05) is 6.92 Å². The van der Waals surface area contributed by atoms with Crippen molar-refractivity contribution in [1.29, 1.82) is 0 Å². The van der Waals surface area contributed by atoms with Gasteiger partial charge >= 0.3 is 0 Å². The molecule has 0 bridgehead atoms. The van der Waals surface area contributed by atoms with Crippen LogP contribution < -0.4 is 4.74 Å². The van der Waals surface area contributed by atoms with Gasteiger partial charge in [0, 0.05) is 28.9 Å². The minimum Gasteiger partial charge on any atom is -0.492 e. The molecule has 0 radical (unpaired) electrons. The molecule has 0 amide bonds. The van der Waals surface area contributed by atoms with Crippen molar-refractivity contribution in [2.75, 3.05) is 12.4 Å². The van der Waals surface area contributed by atoms with Crippen molar-refractivity contribution in [1.82, 2.24) is 4.98 Å². The molecule has 4 nitrogen and oxygen atoms in total. The molecule has 1 aromatic heterocycles. The third-order valence-corrected chi connectivity index (χ3v) is 3.75.